The van der Waals surface area contributed by atoms with Crippen LogP contribution < -0.4 is 0 Å². The Kier molecular flexibility index (Phi) is 2.45. The zero-order valence-electron chi connectivity index (χ0n) is 8.76. The van der Waals surface area contributed by atoms with Gasteiger partial charge in [0.15, 0.2) is 0 Å². The third kappa shape index (κ3) is 1.16. The van der Waals surface area contributed by atoms with Crippen LogP contribution in [0.15, 0.2) is 11.1 Å². The summed E-state index contributed by atoms with van der Waals surface area (Å²) in [6, 6.07) is 0. The average molecular weight is 196 g/mol. The summed E-state index contributed by atoms with van der Waals surface area (Å²) < 4.78 is 10.9. The van der Waals surface area contributed by atoms with Crippen molar-refractivity contribution in [2.45, 2.75) is 38.9 Å². The van der Waals surface area contributed by atoms with E-state index in [-0.39, 0.29) is 5.78 Å². The minimum absolute atomic E-state index is 0.0288. The maximum atomic E-state index is 11.7. The molecule has 1 aliphatic carbocycles. The minimum Gasteiger partial charge on any atom is -0.337 e. The molecule has 2 aliphatic rings. The molecule has 3 nitrogen and oxygen atoms in total. The van der Waals surface area contributed by atoms with Gasteiger partial charge in [-0.15, -0.1) is 0 Å². The molecule has 0 aromatic heterocycles. The summed E-state index contributed by atoms with van der Waals surface area (Å²) in [4.78, 5) is 11.7. The van der Waals surface area contributed by atoms with Gasteiger partial charge in [-0.25, -0.2) is 0 Å². The summed E-state index contributed by atoms with van der Waals surface area (Å²) in [5.74, 6) is -0.916. The second-order valence-corrected chi connectivity index (χ2v) is 3.85. The Hall–Kier alpha value is -0.670. The van der Waals surface area contributed by atoms with Gasteiger partial charge in [-0.2, -0.15) is 0 Å². The standard InChI is InChI=1S/C11H16O3/c1-3-4-5-9-8(2)10(12)11(9)13-6-7-14-11/h3-7H2,1-2H3. The van der Waals surface area contributed by atoms with E-state index in [1.807, 2.05) is 6.92 Å². The quantitative estimate of drug-likeness (QED) is 0.690. The van der Waals surface area contributed by atoms with Gasteiger partial charge in [-0.3, -0.25) is 4.79 Å². The number of hydrogen-bond donors (Lipinski definition) is 0. The van der Waals surface area contributed by atoms with Gasteiger partial charge in [0.05, 0.1) is 13.2 Å². The van der Waals surface area contributed by atoms with Gasteiger partial charge in [0.1, 0.15) is 0 Å². The summed E-state index contributed by atoms with van der Waals surface area (Å²) >= 11 is 0. The molecule has 0 saturated carbocycles. The molecular weight excluding hydrogens is 180 g/mol. The molecule has 2 rings (SSSR count). The molecule has 0 atom stereocenters. The number of hydrogen-bond acceptors (Lipinski definition) is 3. The highest BCUT2D eigenvalue weighted by Gasteiger charge is 2.56. The molecule has 1 aliphatic heterocycles. The van der Waals surface area contributed by atoms with Crippen molar-refractivity contribution in [2.75, 3.05) is 13.2 Å². The molecule has 0 aromatic carbocycles. The number of carbonyl (C=O) groups is 1. The van der Waals surface area contributed by atoms with Crippen molar-refractivity contribution in [1.82, 2.24) is 0 Å². The van der Waals surface area contributed by atoms with E-state index in [1.54, 1.807) is 0 Å². The van der Waals surface area contributed by atoms with Crippen LogP contribution in [0.3, 0.4) is 0 Å². The molecule has 0 radical (unpaired) electrons. The van der Waals surface area contributed by atoms with E-state index >= 15 is 0 Å². The van der Waals surface area contributed by atoms with Crippen molar-refractivity contribution in [1.29, 1.82) is 0 Å². The van der Waals surface area contributed by atoms with Crippen molar-refractivity contribution >= 4 is 5.78 Å². The fraction of sp³-hybridized carbons (Fsp3) is 0.727. The molecule has 1 saturated heterocycles. The fourth-order valence-corrected chi connectivity index (χ4v) is 2.13. The largest absolute Gasteiger partial charge is 0.337 e. The molecule has 78 valence electrons. The van der Waals surface area contributed by atoms with Gasteiger partial charge in [0.2, 0.25) is 5.78 Å². The first-order valence-corrected chi connectivity index (χ1v) is 5.25. The summed E-state index contributed by atoms with van der Waals surface area (Å²) in [5, 5.41) is 0. The van der Waals surface area contributed by atoms with Crippen molar-refractivity contribution in [3.63, 3.8) is 0 Å². The minimum atomic E-state index is -0.945. The Labute approximate surface area is 84.1 Å². The van der Waals surface area contributed by atoms with E-state index in [0.717, 1.165) is 30.4 Å². The van der Waals surface area contributed by atoms with Crippen molar-refractivity contribution in [3.8, 4) is 0 Å². The number of ether oxygens (including phenoxy) is 2. The number of unbranched alkanes of at least 4 members (excludes halogenated alkanes) is 1. The van der Waals surface area contributed by atoms with E-state index in [4.69, 9.17) is 9.47 Å². The molecule has 1 heterocycles. The lowest BCUT2D eigenvalue weighted by Crippen LogP contribution is -2.51. The first-order chi connectivity index (χ1) is 6.72. The van der Waals surface area contributed by atoms with Gasteiger partial charge in [-0.1, -0.05) is 13.3 Å². The lowest BCUT2D eigenvalue weighted by molar-refractivity contribution is -0.172. The van der Waals surface area contributed by atoms with Gasteiger partial charge in [0, 0.05) is 11.1 Å². The lowest BCUT2D eigenvalue weighted by Gasteiger charge is -2.38. The number of ketones is 1. The van der Waals surface area contributed by atoms with Crippen LogP contribution in [-0.4, -0.2) is 24.8 Å². The zero-order chi connectivity index (χ0) is 10.2. The average Bonchev–Trinajstić information content (AvgIpc) is 2.69. The SMILES string of the molecule is CCCCC1=C(C)C(=O)C12OCCO2. The monoisotopic (exact) mass is 196 g/mol. The highest BCUT2D eigenvalue weighted by Crippen LogP contribution is 2.44. The molecule has 1 spiro atoms. The number of Topliss-reactive ketones (excluding diaryl/α,β-unsaturated/α-hetero) is 1. The van der Waals surface area contributed by atoms with Crippen molar-refractivity contribution < 1.29 is 14.3 Å². The van der Waals surface area contributed by atoms with Crippen LogP contribution in [0.4, 0.5) is 0 Å². The van der Waals surface area contributed by atoms with E-state index < -0.39 is 5.79 Å². The van der Waals surface area contributed by atoms with Crippen molar-refractivity contribution in [2.24, 2.45) is 0 Å². The molecule has 14 heavy (non-hydrogen) atoms. The predicted octanol–water partition coefficient (Wildman–Crippen LogP) is 1.82. The van der Waals surface area contributed by atoms with Crippen LogP contribution in [-0.2, 0) is 14.3 Å². The second-order valence-electron chi connectivity index (χ2n) is 3.85. The topological polar surface area (TPSA) is 35.5 Å². The highest BCUT2D eigenvalue weighted by atomic mass is 16.7. The van der Waals surface area contributed by atoms with Crippen LogP contribution in [0.25, 0.3) is 0 Å². The molecule has 0 bridgehead atoms. The Morgan fingerprint density at radius 1 is 1.36 bits per heavy atom. The van der Waals surface area contributed by atoms with E-state index in [1.165, 1.54) is 0 Å². The van der Waals surface area contributed by atoms with Gasteiger partial charge >= 0.3 is 0 Å². The first kappa shape index (κ1) is 9.87. The molecule has 1 fully saturated rings. The molecule has 0 N–H and O–H groups in total. The highest BCUT2D eigenvalue weighted by molar-refractivity contribution is 6.11. The maximum absolute atomic E-state index is 11.7. The Bertz CT molecular complexity index is 285. The van der Waals surface area contributed by atoms with Crippen LogP contribution in [0.5, 0.6) is 0 Å². The van der Waals surface area contributed by atoms with E-state index in [9.17, 15) is 4.79 Å². The van der Waals surface area contributed by atoms with E-state index in [0.29, 0.717) is 13.2 Å². The molecular formula is C11H16O3. The van der Waals surface area contributed by atoms with Gasteiger partial charge in [0.25, 0.3) is 5.79 Å². The Morgan fingerprint density at radius 2 is 2.00 bits per heavy atom. The summed E-state index contributed by atoms with van der Waals surface area (Å²) in [5.41, 5.74) is 1.92. The maximum Gasteiger partial charge on any atom is 0.257 e. The summed E-state index contributed by atoms with van der Waals surface area (Å²) in [7, 11) is 0. The second kappa shape index (κ2) is 3.48. The summed E-state index contributed by atoms with van der Waals surface area (Å²) in [6.45, 7) is 5.08. The Morgan fingerprint density at radius 3 is 2.57 bits per heavy atom. The molecule has 0 aromatic rings. The third-order valence-corrected chi connectivity index (χ3v) is 2.96. The predicted molar refractivity (Wildman–Crippen MR) is 51.9 cm³/mol. The van der Waals surface area contributed by atoms with Crippen LogP contribution >= 0.6 is 0 Å². The lowest BCUT2D eigenvalue weighted by atomic mass is 9.78. The Balaban J connectivity index is 2.16. The van der Waals surface area contributed by atoms with E-state index in [2.05, 4.69) is 6.92 Å². The molecule has 3 heteroatoms. The van der Waals surface area contributed by atoms with Crippen LogP contribution in [0, 0.1) is 0 Å². The normalized spacial score (nSPS) is 24.6. The van der Waals surface area contributed by atoms with Crippen molar-refractivity contribution in [3.05, 3.63) is 11.1 Å². The third-order valence-electron chi connectivity index (χ3n) is 2.96. The fourth-order valence-electron chi connectivity index (χ4n) is 2.13. The molecule has 0 amide bonds. The molecule has 0 unspecified atom stereocenters. The number of carbonyl (C=O) groups excluding carboxylic acids is 1. The van der Waals surface area contributed by atoms with Gasteiger partial charge < -0.3 is 9.47 Å². The smallest absolute Gasteiger partial charge is 0.257 e. The van der Waals surface area contributed by atoms with Crippen LogP contribution in [0.1, 0.15) is 33.1 Å². The van der Waals surface area contributed by atoms with Crippen LogP contribution in [0.2, 0.25) is 0 Å². The summed E-state index contributed by atoms with van der Waals surface area (Å²) in [6.07, 6.45) is 3.14. The first-order valence-electron chi connectivity index (χ1n) is 5.25. The zero-order valence-corrected chi connectivity index (χ0v) is 8.76. The van der Waals surface area contributed by atoms with Gasteiger partial charge in [-0.05, 0) is 19.8 Å². The number of rotatable bonds is 3.